The maximum atomic E-state index is 11.6. The van der Waals surface area contributed by atoms with E-state index < -0.39 is 0 Å². The van der Waals surface area contributed by atoms with Gasteiger partial charge in [0.25, 0.3) is 0 Å². The number of benzene rings is 2. The molecule has 2 aromatic carbocycles. The lowest BCUT2D eigenvalue weighted by atomic mass is 9.48. The van der Waals surface area contributed by atoms with Crippen LogP contribution in [-0.2, 0) is 5.41 Å². The SMILES string of the molecule is O=Cc1cc(-c2ccccc2)cc(C23CC4CC(CC(C4)C2)C3)c1O. The van der Waals surface area contributed by atoms with E-state index in [1.807, 2.05) is 24.3 Å². The van der Waals surface area contributed by atoms with Gasteiger partial charge in [-0.2, -0.15) is 0 Å². The molecule has 0 radical (unpaired) electrons. The molecule has 0 aromatic heterocycles. The number of hydrogen-bond acceptors (Lipinski definition) is 2. The van der Waals surface area contributed by atoms with Crippen LogP contribution in [0.4, 0.5) is 0 Å². The summed E-state index contributed by atoms with van der Waals surface area (Å²) in [6.07, 6.45) is 8.48. The van der Waals surface area contributed by atoms with Crippen LogP contribution in [0, 0.1) is 17.8 Å². The van der Waals surface area contributed by atoms with E-state index >= 15 is 0 Å². The van der Waals surface area contributed by atoms with E-state index in [1.165, 1.54) is 38.5 Å². The van der Waals surface area contributed by atoms with Crippen LogP contribution in [0.3, 0.4) is 0 Å². The molecule has 128 valence electrons. The van der Waals surface area contributed by atoms with Crippen LogP contribution in [0.5, 0.6) is 5.75 Å². The fourth-order valence-electron chi connectivity index (χ4n) is 6.39. The zero-order valence-electron chi connectivity index (χ0n) is 14.4. The number of phenols is 1. The van der Waals surface area contributed by atoms with E-state index in [4.69, 9.17) is 0 Å². The highest BCUT2D eigenvalue weighted by molar-refractivity contribution is 5.84. The van der Waals surface area contributed by atoms with Crippen molar-refractivity contribution in [3.8, 4) is 16.9 Å². The molecule has 0 heterocycles. The summed E-state index contributed by atoms with van der Waals surface area (Å²) in [6.45, 7) is 0. The number of hydrogen-bond donors (Lipinski definition) is 1. The summed E-state index contributed by atoms with van der Waals surface area (Å²) >= 11 is 0. The van der Waals surface area contributed by atoms with Gasteiger partial charge in [-0.1, -0.05) is 30.3 Å². The third-order valence-electron chi connectivity index (χ3n) is 6.98. The first-order valence-corrected chi connectivity index (χ1v) is 9.55. The Morgan fingerprint density at radius 2 is 1.48 bits per heavy atom. The summed E-state index contributed by atoms with van der Waals surface area (Å²) in [5.41, 5.74) is 3.71. The van der Waals surface area contributed by atoms with E-state index in [-0.39, 0.29) is 11.2 Å². The van der Waals surface area contributed by atoms with Gasteiger partial charge < -0.3 is 5.11 Å². The average Bonchev–Trinajstić information content (AvgIpc) is 2.61. The highest BCUT2D eigenvalue weighted by Gasteiger charge is 2.52. The van der Waals surface area contributed by atoms with Gasteiger partial charge in [-0.25, -0.2) is 0 Å². The molecule has 0 unspecified atom stereocenters. The van der Waals surface area contributed by atoms with Crippen molar-refractivity contribution in [1.29, 1.82) is 0 Å². The topological polar surface area (TPSA) is 37.3 Å². The Bertz CT molecular complexity index is 786. The lowest BCUT2D eigenvalue weighted by Crippen LogP contribution is -2.48. The van der Waals surface area contributed by atoms with E-state index in [9.17, 15) is 9.90 Å². The molecule has 0 aliphatic heterocycles. The van der Waals surface area contributed by atoms with Crippen LogP contribution in [0.1, 0.15) is 54.4 Å². The molecule has 0 spiro atoms. The minimum Gasteiger partial charge on any atom is -0.507 e. The van der Waals surface area contributed by atoms with Gasteiger partial charge in [0.05, 0.1) is 5.56 Å². The van der Waals surface area contributed by atoms with E-state index in [2.05, 4.69) is 18.2 Å². The van der Waals surface area contributed by atoms with E-state index in [0.29, 0.717) is 5.56 Å². The van der Waals surface area contributed by atoms with Crippen LogP contribution < -0.4 is 0 Å². The van der Waals surface area contributed by atoms with Gasteiger partial charge in [-0.05, 0) is 85.0 Å². The van der Waals surface area contributed by atoms with Gasteiger partial charge in [0, 0.05) is 5.56 Å². The Morgan fingerprint density at radius 1 is 0.880 bits per heavy atom. The van der Waals surface area contributed by atoms with Gasteiger partial charge in [0.2, 0.25) is 0 Å². The van der Waals surface area contributed by atoms with Gasteiger partial charge >= 0.3 is 0 Å². The lowest BCUT2D eigenvalue weighted by Gasteiger charge is -2.57. The summed E-state index contributed by atoms with van der Waals surface area (Å²) in [5.74, 6) is 2.67. The van der Waals surface area contributed by atoms with Crippen LogP contribution in [0.15, 0.2) is 42.5 Å². The quantitative estimate of drug-likeness (QED) is 0.770. The molecule has 6 rings (SSSR count). The van der Waals surface area contributed by atoms with Crippen molar-refractivity contribution in [2.24, 2.45) is 17.8 Å². The van der Waals surface area contributed by atoms with Gasteiger partial charge in [0.1, 0.15) is 5.75 Å². The number of carbonyl (C=O) groups excluding carboxylic acids is 1. The number of rotatable bonds is 3. The van der Waals surface area contributed by atoms with Crippen molar-refractivity contribution in [3.63, 3.8) is 0 Å². The summed E-state index contributed by atoms with van der Waals surface area (Å²) in [7, 11) is 0. The summed E-state index contributed by atoms with van der Waals surface area (Å²) in [6, 6.07) is 14.2. The predicted octanol–water partition coefficient (Wildman–Crippen LogP) is 5.34. The maximum absolute atomic E-state index is 11.6. The van der Waals surface area contributed by atoms with Crippen molar-refractivity contribution >= 4 is 6.29 Å². The molecule has 2 heteroatoms. The largest absolute Gasteiger partial charge is 0.507 e. The second-order valence-corrected chi connectivity index (χ2v) is 8.64. The molecule has 25 heavy (non-hydrogen) atoms. The molecule has 0 saturated heterocycles. The second kappa shape index (κ2) is 5.45. The van der Waals surface area contributed by atoms with Crippen molar-refractivity contribution in [1.82, 2.24) is 0 Å². The summed E-state index contributed by atoms with van der Waals surface area (Å²) in [5, 5.41) is 10.9. The second-order valence-electron chi connectivity index (χ2n) is 8.64. The van der Waals surface area contributed by atoms with Gasteiger partial charge in [-0.15, -0.1) is 0 Å². The molecule has 2 nitrogen and oxygen atoms in total. The van der Waals surface area contributed by atoms with Crippen LogP contribution in [0.25, 0.3) is 11.1 Å². The number of aromatic hydroxyl groups is 1. The standard InChI is InChI=1S/C23H24O2/c24-14-20-9-19(18-4-2-1-3-5-18)10-21(22(20)25)23-11-15-6-16(12-23)8-17(7-15)13-23/h1-5,9-10,14-17,25H,6-8,11-13H2. The van der Waals surface area contributed by atoms with Crippen molar-refractivity contribution < 1.29 is 9.90 Å². The molecule has 4 fully saturated rings. The molecule has 1 N–H and O–H groups in total. The minimum absolute atomic E-state index is 0.0847. The van der Waals surface area contributed by atoms with Crippen molar-refractivity contribution in [3.05, 3.63) is 53.6 Å². The number of carbonyl (C=O) groups is 1. The Morgan fingerprint density at radius 3 is 2.04 bits per heavy atom. The molecular formula is C23H24O2. The first-order valence-electron chi connectivity index (χ1n) is 9.55. The highest BCUT2D eigenvalue weighted by Crippen LogP contribution is 2.62. The lowest BCUT2D eigenvalue weighted by molar-refractivity contribution is -0.00613. The minimum atomic E-state index is 0.0847. The fraction of sp³-hybridized carbons (Fsp3) is 0.435. The Balaban J connectivity index is 1.67. The van der Waals surface area contributed by atoms with Crippen LogP contribution >= 0.6 is 0 Å². The summed E-state index contributed by atoms with van der Waals surface area (Å²) in [4.78, 5) is 11.6. The molecule has 4 aliphatic rings. The molecule has 4 aliphatic carbocycles. The fourth-order valence-corrected chi connectivity index (χ4v) is 6.39. The Labute approximate surface area is 148 Å². The summed E-state index contributed by atoms with van der Waals surface area (Å²) < 4.78 is 0. The molecular weight excluding hydrogens is 308 g/mol. The van der Waals surface area contributed by atoms with Gasteiger partial charge in [0.15, 0.2) is 6.29 Å². The average molecular weight is 332 g/mol. The maximum Gasteiger partial charge on any atom is 0.153 e. The Hall–Kier alpha value is -2.09. The molecule has 0 amide bonds. The smallest absolute Gasteiger partial charge is 0.153 e. The third kappa shape index (κ3) is 2.34. The van der Waals surface area contributed by atoms with E-state index in [0.717, 1.165) is 40.7 Å². The normalized spacial score (nSPS) is 32.7. The van der Waals surface area contributed by atoms with Crippen LogP contribution in [0.2, 0.25) is 0 Å². The Kier molecular flexibility index (Phi) is 3.31. The first kappa shape index (κ1) is 15.2. The molecule has 0 atom stereocenters. The molecule has 4 bridgehead atoms. The zero-order valence-corrected chi connectivity index (χ0v) is 14.4. The zero-order chi connectivity index (χ0) is 17.0. The number of aldehydes is 1. The molecule has 2 aromatic rings. The highest BCUT2D eigenvalue weighted by atomic mass is 16.3. The number of phenolic OH excluding ortho intramolecular Hbond substituents is 1. The van der Waals surface area contributed by atoms with Crippen molar-refractivity contribution in [2.45, 2.75) is 43.9 Å². The third-order valence-corrected chi connectivity index (χ3v) is 6.98. The first-order chi connectivity index (χ1) is 12.2. The van der Waals surface area contributed by atoms with Crippen molar-refractivity contribution in [2.75, 3.05) is 0 Å². The molecule has 4 saturated carbocycles. The predicted molar refractivity (Wildman–Crippen MR) is 98.8 cm³/mol. The van der Waals surface area contributed by atoms with Crippen LogP contribution in [-0.4, -0.2) is 11.4 Å². The monoisotopic (exact) mass is 332 g/mol. The van der Waals surface area contributed by atoms with E-state index in [1.54, 1.807) is 0 Å². The van der Waals surface area contributed by atoms with Gasteiger partial charge in [-0.3, -0.25) is 4.79 Å².